The van der Waals surface area contributed by atoms with Gasteiger partial charge in [0.15, 0.2) is 5.78 Å². The fraction of sp³-hybridized carbons (Fsp3) is 0.348. The first-order chi connectivity index (χ1) is 14.5. The molecule has 0 atom stereocenters. The Morgan fingerprint density at radius 2 is 1.73 bits per heavy atom. The number of Topliss-reactive ketones (excluding diaryl/α,β-unsaturated/α-hetero) is 1. The van der Waals surface area contributed by atoms with Gasteiger partial charge in [0.1, 0.15) is 0 Å². The highest BCUT2D eigenvalue weighted by Crippen LogP contribution is 2.24. The van der Waals surface area contributed by atoms with E-state index < -0.39 is 10.0 Å². The summed E-state index contributed by atoms with van der Waals surface area (Å²) in [7, 11) is -3.49. The van der Waals surface area contributed by atoms with E-state index in [0.717, 1.165) is 28.6 Å². The molecule has 0 bridgehead atoms. The van der Waals surface area contributed by atoms with Gasteiger partial charge in [-0.1, -0.05) is 30.3 Å². The smallest absolute Gasteiger partial charge is 0.243 e. The van der Waals surface area contributed by atoms with Crippen LogP contribution < -0.4 is 0 Å². The van der Waals surface area contributed by atoms with Crippen molar-refractivity contribution in [3.8, 4) is 0 Å². The van der Waals surface area contributed by atoms with Crippen LogP contribution in [0.1, 0.15) is 29.3 Å². The Morgan fingerprint density at radius 1 is 1.03 bits per heavy atom. The van der Waals surface area contributed by atoms with E-state index in [-0.39, 0.29) is 10.7 Å². The molecule has 1 aliphatic rings. The number of morpholine rings is 1. The Bertz CT molecular complexity index is 1140. The summed E-state index contributed by atoms with van der Waals surface area (Å²) < 4.78 is 34.2. The monoisotopic (exact) mass is 426 g/mol. The summed E-state index contributed by atoms with van der Waals surface area (Å²) in [4.78, 5) is 13.1. The average Bonchev–Trinajstić information content (AvgIpc) is 3.17. The number of hydrogen-bond acceptors (Lipinski definition) is 4. The van der Waals surface area contributed by atoms with Crippen molar-refractivity contribution >= 4 is 26.7 Å². The Labute approximate surface area is 177 Å². The average molecular weight is 427 g/mol. The van der Waals surface area contributed by atoms with E-state index in [2.05, 4.69) is 11.5 Å². The normalized spacial score (nSPS) is 15.5. The maximum Gasteiger partial charge on any atom is 0.243 e. The van der Waals surface area contributed by atoms with Gasteiger partial charge in [-0.3, -0.25) is 4.79 Å². The van der Waals surface area contributed by atoms with Crippen molar-refractivity contribution in [1.82, 2.24) is 8.87 Å². The zero-order valence-electron chi connectivity index (χ0n) is 17.1. The van der Waals surface area contributed by atoms with E-state index in [4.69, 9.17) is 4.74 Å². The SMILES string of the molecule is CCn1cc(C(=O)CCc2ccc(S(=O)(=O)N3CCOCC3)cc2)c2ccccc21. The molecule has 0 radical (unpaired) electrons. The number of nitrogens with zero attached hydrogens (tertiary/aromatic N) is 2. The number of benzene rings is 2. The van der Waals surface area contributed by atoms with Gasteiger partial charge in [0, 0.05) is 48.7 Å². The van der Waals surface area contributed by atoms with Crippen LogP contribution in [0.3, 0.4) is 0 Å². The number of para-hydroxylation sites is 1. The van der Waals surface area contributed by atoms with E-state index >= 15 is 0 Å². The van der Waals surface area contributed by atoms with Crippen LogP contribution in [0, 0.1) is 0 Å². The van der Waals surface area contributed by atoms with E-state index in [0.29, 0.717) is 39.1 Å². The van der Waals surface area contributed by atoms with E-state index in [1.165, 1.54) is 4.31 Å². The van der Waals surface area contributed by atoms with Crippen LogP contribution in [0.5, 0.6) is 0 Å². The molecule has 158 valence electrons. The first-order valence-corrected chi connectivity index (χ1v) is 11.7. The quantitative estimate of drug-likeness (QED) is 0.542. The number of ether oxygens (including phenoxy) is 1. The second-order valence-electron chi connectivity index (χ2n) is 7.43. The molecule has 1 fully saturated rings. The van der Waals surface area contributed by atoms with E-state index in [9.17, 15) is 13.2 Å². The molecule has 0 spiro atoms. The Kier molecular flexibility index (Phi) is 6.04. The molecule has 4 rings (SSSR count). The summed E-state index contributed by atoms with van der Waals surface area (Å²) in [5.41, 5.74) is 2.77. The summed E-state index contributed by atoms with van der Waals surface area (Å²) in [6.07, 6.45) is 2.89. The lowest BCUT2D eigenvalue weighted by Gasteiger charge is -2.26. The van der Waals surface area contributed by atoms with Crippen molar-refractivity contribution in [1.29, 1.82) is 0 Å². The highest BCUT2D eigenvalue weighted by atomic mass is 32.2. The fourth-order valence-electron chi connectivity index (χ4n) is 3.89. The topological polar surface area (TPSA) is 68.6 Å². The number of carbonyl (C=O) groups is 1. The largest absolute Gasteiger partial charge is 0.379 e. The number of rotatable bonds is 7. The van der Waals surface area contributed by atoms with Crippen molar-refractivity contribution < 1.29 is 17.9 Å². The van der Waals surface area contributed by atoms with Crippen LogP contribution in [-0.2, 0) is 27.7 Å². The number of aryl methyl sites for hydroxylation is 2. The zero-order valence-corrected chi connectivity index (χ0v) is 17.9. The number of sulfonamides is 1. The first kappa shape index (κ1) is 20.8. The Morgan fingerprint density at radius 3 is 2.43 bits per heavy atom. The van der Waals surface area contributed by atoms with Crippen molar-refractivity contribution in [3.63, 3.8) is 0 Å². The predicted molar refractivity (Wildman–Crippen MR) is 116 cm³/mol. The van der Waals surface area contributed by atoms with Crippen LogP contribution >= 0.6 is 0 Å². The molecule has 1 aliphatic heterocycles. The maximum atomic E-state index is 12.9. The van der Waals surface area contributed by atoms with Crippen molar-refractivity contribution in [2.24, 2.45) is 0 Å². The lowest BCUT2D eigenvalue weighted by molar-refractivity contribution is 0.0730. The molecule has 0 amide bonds. The van der Waals surface area contributed by atoms with Crippen LogP contribution in [0.25, 0.3) is 10.9 Å². The Hall–Kier alpha value is -2.48. The molecule has 0 saturated carbocycles. The van der Waals surface area contributed by atoms with Crippen molar-refractivity contribution in [2.45, 2.75) is 31.2 Å². The molecule has 1 saturated heterocycles. The van der Waals surface area contributed by atoms with Gasteiger partial charge in [0.25, 0.3) is 0 Å². The van der Waals surface area contributed by atoms with Crippen LogP contribution in [0.2, 0.25) is 0 Å². The summed E-state index contributed by atoms with van der Waals surface area (Å²) >= 11 is 0. The number of aromatic nitrogens is 1. The Balaban J connectivity index is 1.45. The van der Waals surface area contributed by atoms with Gasteiger partial charge in [-0.15, -0.1) is 0 Å². The van der Waals surface area contributed by atoms with Crippen molar-refractivity contribution in [2.75, 3.05) is 26.3 Å². The van der Waals surface area contributed by atoms with Gasteiger partial charge in [0.05, 0.1) is 18.1 Å². The molecule has 6 nitrogen and oxygen atoms in total. The van der Waals surface area contributed by atoms with Gasteiger partial charge in [-0.05, 0) is 37.1 Å². The molecular formula is C23H26N2O4S. The molecule has 0 unspecified atom stereocenters. The summed E-state index contributed by atoms with van der Waals surface area (Å²) in [6, 6.07) is 14.8. The van der Waals surface area contributed by atoms with E-state index in [1.807, 2.05) is 30.5 Å². The highest BCUT2D eigenvalue weighted by molar-refractivity contribution is 7.89. The molecule has 2 heterocycles. The standard InChI is InChI=1S/C23H26N2O4S/c1-2-24-17-21(20-5-3-4-6-22(20)24)23(26)12-9-18-7-10-19(11-8-18)30(27,28)25-13-15-29-16-14-25/h3-8,10-11,17H,2,9,12-16H2,1H3. The minimum absolute atomic E-state index is 0.100. The van der Waals surface area contributed by atoms with Gasteiger partial charge >= 0.3 is 0 Å². The maximum absolute atomic E-state index is 12.9. The summed E-state index contributed by atoms with van der Waals surface area (Å²) in [5.74, 6) is 0.100. The molecular weight excluding hydrogens is 400 g/mol. The van der Waals surface area contributed by atoms with Crippen LogP contribution in [0.4, 0.5) is 0 Å². The van der Waals surface area contributed by atoms with Gasteiger partial charge in [-0.2, -0.15) is 4.31 Å². The number of fused-ring (bicyclic) bond motifs is 1. The minimum Gasteiger partial charge on any atom is -0.379 e. The van der Waals surface area contributed by atoms with Gasteiger partial charge in [0.2, 0.25) is 10.0 Å². The van der Waals surface area contributed by atoms with Gasteiger partial charge < -0.3 is 9.30 Å². The van der Waals surface area contributed by atoms with Crippen LogP contribution in [-0.4, -0.2) is 49.4 Å². The molecule has 2 aromatic carbocycles. The third kappa shape index (κ3) is 4.05. The molecule has 7 heteroatoms. The number of hydrogen-bond donors (Lipinski definition) is 0. The fourth-order valence-corrected chi connectivity index (χ4v) is 5.30. The third-order valence-corrected chi connectivity index (χ3v) is 7.51. The number of carbonyl (C=O) groups excluding carboxylic acids is 1. The third-order valence-electron chi connectivity index (χ3n) is 5.60. The van der Waals surface area contributed by atoms with E-state index in [1.54, 1.807) is 24.3 Å². The number of ketones is 1. The van der Waals surface area contributed by atoms with Gasteiger partial charge in [-0.25, -0.2) is 8.42 Å². The highest BCUT2D eigenvalue weighted by Gasteiger charge is 2.26. The second kappa shape index (κ2) is 8.71. The van der Waals surface area contributed by atoms with Crippen LogP contribution in [0.15, 0.2) is 59.6 Å². The molecule has 3 aromatic rings. The summed E-state index contributed by atoms with van der Waals surface area (Å²) in [6.45, 7) is 4.48. The molecule has 1 aromatic heterocycles. The molecule has 0 aliphatic carbocycles. The molecule has 0 N–H and O–H groups in total. The lowest BCUT2D eigenvalue weighted by Crippen LogP contribution is -2.40. The summed E-state index contributed by atoms with van der Waals surface area (Å²) in [5, 5.41) is 0.983. The van der Waals surface area contributed by atoms with Crippen molar-refractivity contribution in [3.05, 3.63) is 65.9 Å². The first-order valence-electron chi connectivity index (χ1n) is 10.3. The molecule has 30 heavy (non-hydrogen) atoms. The predicted octanol–water partition coefficient (Wildman–Crippen LogP) is 3.50. The minimum atomic E-state index is -3.49. The zero-order chi connectivity index (χ0) is 21.1. The second-order valence-corrected chi connectivity index (χ2v) is 9.37. The lowest BCUT2D eigenvalue weighted by atomic mass is 10.0.